The highest BCUT2D eigenvalue weighted by atomic mass is 32.1. The Bertz CT molecular complexity index is 390. The van der Waals surface area contributed by atoms with Crippen molar-refractivity contribution in [1.82, 2.24) is 0 Å². The summed E-state index contributed by atoms with van der Waals surface area (Å²) in [6.07, 6.45) is 0. The number of benzene rings is 1. The first-order valence-corrected chi connectivity index (χ1v) is 5.88. The number of hydrogen-bond donors (Lipinski definition) is 3. The van der Waals surface area contributed by atoms with E-state index >= 15 is 0 Å². The fourth-order valence-corrected chi connectivity index (χ4v) is 2.02. The Morgan fingerprint density at radius 2 is 1.88 bits per heavy atom. The zero-order valence-corrected chi connectivity index (χ0v) is 10.7. The molecule has 4 N–H and O–H groups in total. The van der Waals surface area contributed by atoms with Crippen LogP contribution in [0.25, 0.3) is 0 Å². The minimum absolute atomic E-state index is 0.0190. The highest BCUT2D eigenvalue weighted by molar-refractivity contribution is 7.80. The topological polar surface area (TPSA) is 69.7 Å². The number of aliphatic hydroxyl groups excluding tert-OH is 2. The van der Waals surface area contributed by atoms with E-state index in [-0.39, 0.29) is 13.2 Å². The van der Waals surface area contributed by atoms with Crippen molar-refractivity contribution in [1.29, 1.82) is 0 Å². The van der Waals surface area contributed by atoms with Crippen molar-refractivity contribution in [2.45, 2.75) is 6.92 Å². The van der Waals surface area contributed by atoms with Gasteiger partial charge in [-0.15, -0.1) is 0 Å². The summed E-state index contributed by atoms with van der Waals surface area (Å²) in [6.45, 7) is 2.89. The molecular formula is C12H18N2O2S. The number of anilines is 1. The van der Waals surface area contributed by atoms with E-state index in [0.717, 1.165) is 16.8 Å². The quantitative estimate of drug-likeness (QED) is 0.642. The molecule has 0 atom stereocenters. The van der Waals surface area contributed by atoms with Crippen LogP contribution in [0.3, 0.4) is 0 Å². The van der Waals surface area contributed by atoms with Gasteiger partial charge in [-0.1, -0.05) is 24.4 Å². The number of hydrogen-bond acceptors (Lipinski definition) is 4. The van der Waals surface area contributed by atoms with Crippen LogP contribution in [-0.2, 0) is 0 Å². The fourth-order valence-electron chi connectivity index (χ4n) is 1.85. The van der Waals surface area contributed by atoms with Crippen LogP contribution < -0.4 is 10.6 Å². The maximum absolute atomic E-state index is 9.06. The summed E-state index contributed by atoms with van der Waals surface area (Å²) in [5.74, 6) is 0. The number of aliphatic hydroxyl groups is 2. The van der Waals surface area contributed by atoms with Gasteiger partial charge in [-0.2, -0.15) is 0 Å². The number of rotatable bonds is 6. The second-order valence-corrected chi connectivity index (χ2v) is 4.21. The number of thiocarbonyl (C=S) groups is 1. The molecule has 0 saturated heterocycles. The van der Waals surface area contributed by atoms with E-state index in [9.17, 15) is 0 Å². The fraction of sp³-hybridized carbons (Fsp3) is 0.417. The molecule has 0 aromatic heterocycles. The van der Waals surface area contributed by atoms with Crippen molar-refractivity contribution < 1.29 is 10.2 Å². The van der Waals surface area contributed by atoms with Crippen molar-refractivity contribution in [3.8, 4) is 0 Å². The largest absolute Gasteiger partial charge is 0.395 e. The molecule has 1 rings (SSSR count). The molecule has 0 saturated carbocycles. The van der Waals surface area contributed by atoms with Crippen LogP contribution in [0.5, 0.6) is 0 Å². The van der Waals surface area contributed by atoms with E-state index in [2.05, 4.69) is 0 Å². The third kappa shape index (κ3) is 3.39. The van der Waals surface area contributed by atoms with Crippen LogP contribution in [0.4, 0.5) is 5.69 Å². The first kappa shape index (κ1) is 13.9. The summed E-state index contributed by atoms with van der Waals surface area (Å²) < 4.78 is 0. The van der Waals surface area contributed by atoms with Gasteiger partial charge in [0.05, 0.1) is 18.9 Å². The summed E-state index contributed by atoms with van der Waals surface area (Å²) in [7, 11) is 0. The molecule has 0 radical (unpaired) electrons. The number of nitrogens with two attached hydrogens (primary N) is 1. The molecule has 1 aromatic carbocycles. The number of nitrogens with zero attached hydrogens (tertiary/aromatic N) is 1. The van der Waals surface area contributed by atoms with Crippen molar-refractivity contribution >= 4 is 22.9 Å². The van der Waals surface area contributed by atoms with Crippen LogP contribution in [0.2, 0.25) is 0 Å². The molecule has 0 heterocycles. The number of para-hydroxylation sites is 1. The van der Waals surface area contributed by atoms with Gasteiger partial charge in [0.15, 0.2) is 0 Å². The normalized spacial score (nSPS) is 10.3. The lowest BCUT2D eigenvalue weighted by Gasteiger charge is -2.27. The smallest absolute Gasteiger partial charge is 0.106 e. The van der Waals surface area contributed by atoms with Gasteiger partial charge in [0, 0.05) is 18.7 Å². The van der Waals surface area contributed by atoms with Crippen LogP contribution in [0.1, 0.15) is 11.1 Å². The minimum Gasteiger partial charge on any atom is -0.395 e. The molecule has 4 nitrogen and oxygen atoms in total. The molecule has 0 spiro atoms. The van der Waals surface area contributed by atoms with Gasteiger partial charge in [0.25, 0.3) is 0 Å². The molecule has 94 valence electrons. The van der Waals surface area contributed by atoms with Gasteiger partial charge in [0.1, 0.15) is 4.99 Å². The molecule has 0 bridgehead atoms. The Morgan fingerprint density at radius 1 is 1.29 bits per heavy atom. The highest BCUT2D eigenvalue weighted by Gasteiger charge is 2.14. The van der Waals surface area contributed by atoms with Crippen molar-refractivity contribution in [2.24, 2.45) is 5.73 Å². The lowest BCUT2D eigenvalue weighted by Crippen LogP contribution is -2.32. The van der Waals surface area contributed by atoms with Gasteiger partial charge in [-0.25, -0.2) is 0 Å². The minimum atomic E-state index is 0.0190. The molecule has 0 fully saturated rings. The molecule has 17 heavy (non-hydrogen) atoms. The van der Waals surface area contributed by atoms with E-state index in [1.54, 1.807) is 0 Å². The van der Waals surface area contributed by atoms with E-state index < -0.39 is 0 Å². The summed E-state index contributed by atoms with van der Waals surface area (Å²) in [6, 6.07) is 5.70. The second kappa shape index (κ2) is 6.54. The third-order valence-electron chi connectivity index (χ3n) is 2.56. The Morgan fingerprint density at radius 3 is 2.35 bits per heavy atom. The highest BCUT2D eigenvalue weighted by Crippen LogP contribution is 2.24. The lowest BCUT2D eigenvalue weighted by molar-refractivity contribution is 0.281. The SMILES string of the molecule is Cc1cccc(C(N)=S)c1N(CCO)CCO. The van der Waals surface area contributed by atoms with Crippen molar-refractivity contribution in [2.75, 3.05) is 31.2 Å². The van der Waals surface area contributed by atoms with Crippen molar-refractivity contribution in [3.05, 3.63) is 29.3 Å². The lowest BCUT2D eigenvalue weighted by atomic mass is 10.1. The second-order valence-electron chi connectivity index (χ2n) is 3.77. The first-order chi connectivity index (χ1) is 8.11. The van der Waals surface area contributed by atoms with Gasteiger partial charge < -0.3 is 20.8 Å². The van der Waals surface area contributed by atoms with Crippen molar-refractivity contribution in [3.63, 3.8) is 0 Å². The van der Waals surface area contributed by atoms with Crippen LogP contribution in [0.15, 0.2) is 18.2 Å². The van der Waals surface area contributed by atoms with Crippen LogP contribution in [-0.4, -0.2) is 41.5 Å². The van der Waals surface area contributed by atoms with Gasteiger partial charge in [0.2, 0.25) is 0 Å². The summed E-state index contributed by atoms with van der Waals surface area (Å²) >= 11 is 5.02. The molecule has 0 aliphatic carbocycles. The first-order valence-electron chi connectivity index (χ1n) is 5.48. The summed E-state index contributed by atoms with van der Waals surface area (Å²) in [5, 5.41) is 18.1. The van der Waals surface area contributed by atoms with E-state index in [1.807, 2.05) is 30.0 Å². The molecule has 0 amide bonds. The average Bonchev–Trinajstić information content (AvgIpc) is 2.28. The van der Waals surface area contributed by atoms with Gasteiger partial charge in [-0.05, 0) is 18.6 Å². The molecule has 1 aromatic rings. The maximum Gasteiger partial charge on any atom is 0.106 e. The summed E-state index contributed by atoms with van der Waals surface area (Å²) in [5.41, 5.74) is 8.39. The van der Waals surface area contributed by atoms with E-state index in [4.69, 9.17) is 28.2 Å². The van der Waals surface area contributed by atoms with Gasteiger partial charge >= 0.3 is 0 Å². The Labute approximate surface area is 107 Å². The molecule has 0 aliphatic heterocycles. The third-order valence-corrected chi connectivity index (χ3v) is 2.78. The zero-order chi connectivity index (χ0) is 12.8. The zero-order valence-electron chi connectivity index (χ0n) is 9.89. The average molecular weight is 254 g/mol. The summed E-state index contributed by atoms with van der Waals surface area (Å²) in [4.78, 5) is 2.22. The maximum atomic E-state index is 9.06. The predicted octanol–water partition coefficient (Wildman–Crippen LogP) is 0.420. The Balaban J connectivity index is 3.19. The molecule has 0 unspecified atom stereocenters. The van der Waals surface area contributed by atoms with Crippen LogP contribution >= 0.6 is 12.2 Å². The van der Waals surface area contributed by atoms with E-state index in [1.165, 1.54) is 0 Å². The number of aryl methyl sites for hydroxylation is 1. The predicted molar refractivity (Wildman–Crippen MR) is 73.5 cm³/mol. The molecular weight excluding hydrogens is 236 g/mol. The van der Waals surface area contributed by atoms with Crippen LogP contribution in [0, 0.1) is 6.92 Å². The van der Waals surface area contributed by atoms with Gasteiger partial charge in [-0.3, -0.25) is 0 Å². The molecule has 0 aliphatic rings. The Kier molecular flexibility index (Phi) is 5.34. The van der Waals surface area contributed by atoms with E-state index in [0.29, 0.717) is 18.1 Å². The standard InChI is InChI=1S/C12H18N2O2S/c1-9-3-2-4-10(12(13)17)11(9)14(5-7-15)6-8-16/h2-4,15-16H,5-8H2,1H3,(H2,13,17). The molecule has 5 heteroatoms. The Hall–Kier alpha value is -1.17. The monoisotopic (exact) mass is 254 g/mol.